The number of carbonyl (C=O) groups excluding carboxylic acids is 1. The largest absolute Gasteiger partial charge is 0.497 e. The fourth-order valence-electron chi connectivity index (χ4n) is 1.97. The van der Waals surface area contributed by atoms with Gasteiger partial charge in [0.15, 0.2) is 0 Å². The molecule has 0 aliphatic heterocycles. The molecule has 0 atom stereocenters. The first kappa shape index (κ1) is 14.5. The molecule has 0 saturated carbocycles. The van der Waals surface area contributed by atoms with E-state index in [1.807, 2.05) is 24.3 Å². The first-order valence-electron chi connectivity index (χ1n) is 6.17. The molecule has 0 aliphatic carbocycles. The maximum absolute atomic E-state index is 13.3. The van der Waals surface area contributed by atoms with Gasteiger partial charge in [0.25, 0.3) is 0 Å². The van der Waals surface area contributed by atoms with Crippen LogP contribution in [-0.2, 0) is 17.6 Å². The highest BCUT2D eigenvalue weighted by Crippen LogP contribution is 2.21. The second-order valence-electron chi connectivity index (χ2n) is 4.46. The Balaban J connectivity index is 2.07. The van der Waals surface area contributed by atoms with Gasteiger partial charge in [-0.1, -0.05) is 35.9 Å². The van der Waals surface area contributed by atoms with Gasteiger partial charge in [-0.2, -0.15) is 0 Å². The summed E-state index contributed by atoms with van der Waals surface area (Å²) < 4.78 is 18.4. The summed E-state index contributed by atoms with van der Waals surface area (Å²) in [4.78, 5) is 12.0. The molecule has 0 radical (unpaired) electrons. The third-order valence-corrected chi connectivity index (χ3v) is 3.38. The van der Waals surface area contributed by atoms with Crippen LogP contribution < -0.4 is 4.74 Å². The zero-order valence-corrected chi connectivity index (χ0v) is 11.8. The molecule has 0 fully saturated rings. The molecule has 0 aromatic heterocycles. The van der Waals surface area contributed by atoms with Crippen molar-refractivity contribution in [3.05, 3.63) is 64.4 Å². The summed E-state index contributed by atoms with van der Waals surface area (Å²) >= 11 is 5.84. The van der Waals surface area contributed by atoms with Crippen LogP contribution >= 0.6 is 11.6 Å². The number of halogens is 2. The Hall–Kier alpha value is -1.87. The lowest BCUT2D eigenvalue weighted by Crippen LogP contribution is -2.07. The molecule has 0 aliphatic rings. The maximum Gasteiger partial charge on any atom is 0.142 e. The molecule has 0 heterocycles. The zero-order valence-electron chi connectivity index (χ0n) is 11.0. The second kappa shape index (κ2) is 6.53. The van der Waals surface area contributed by atoms with Gasteiger partial charge < -0.3 is 4.74 Å². The molecule has 0 amide bonds. The summed E-state index contributed by atoms with van der Waals surface area (Å²) in [6.45, 7) is 0. The van der Waals surface area contributed by atoms with Crippen molar-refractivity contribution in [3.63, 3.8) is 0 Å². The fraction of sp³-hybridized carbons (Fsp3) is 0.188. The van der Waals surface area contributed by atoms with Crippen LogP contribution in [0.5, 0.6) is 5.75 Å². The highest BCUT2D eigenvalue weighted by atomic mass is 35.5. The van der Waals surface area contributed by atoms with E-state index < -0.39 is 5.82 Å². The Morgan fingerprint density at radius 1 is 1.20 bits per heavy atom. The summed E-state index contributed by atoms with van der Waals surface area (Å²) in [6, 6.07) is 11.8. The third kappa shape index (κ3) is 3.58. The summed E-state index contributed by atoms with van der Waals surface area (Å²) in [5, 5.41) is 0.0199. The Morgan fingerprint density at radius 2 is 1.95 bits per heavy atom. The highest BCUT2D eigenvalue weighted by molar-refractivity contribution is 6.31. The summed E-state index contributed by atoms with van der Waals surface area (Å²) in [6.07, 6.45) is 0.387. The molecule has 0 bridgehead atoms. The predicted molar refractivity (Wildman–Crippen MR) is 76.8 cm³/mol. The highest BCUT2D eigenvalue weighted by Gasteiger charge is 2.11. The topological polar surface area (TPSA) is 26.3 Å². The number of methoxy groups -OCH3 is 1. The van der Waals surface area contributed by atoms with Crippen molar-refractivity contribution >= 4 is 17.4 Å². The van der Waals surface area contributed by atoms with E-state index in [-0.39, 0.29) is 23.6 Å². The van der Waals surface area contributed by atoms with Crippen molar-refractivity contribution in [2.75, 3.05) is 7.11 Å². The van der Waals surface area contributed by atoms with E-state index in [1.165, 1.54) is 6.07 Å². The van der Waals surface area contributed by atoms with Crippen molar-refractivity contribution in [2.24, 2.45) is 0 Å². The van der Waals surface area contributed by atoms with Gasteiger partial charge in [-0.05, 0) is 29.3 Å². The lowest BCUT2D eigenvalue weighted by molar-refractivity contribution is -0.117. The van der Waals surface area contributed by atoms with Crippen LogP contribution in [-0.4, -0.2) is 12.9 Å². The number of hydrogen-bond acceptors (Lipinski definition) is 2. The van der Waals surface area contributed by atoms with Gasteiger partial charge in [-0.25, -0.2) is 4.39 Å². The quantitative estimate of drug-likeness (QED) is 0.837. The third-order valence-electron chi connectivity index (χ3n) is 2.95. The monoisotopic (exact) mass is 292 g/mol. The van der Waals surface area contributed by atoms with E-state index in [4.69, 9.17) is 16.3 Å². The van der Waals surface area contributed by atoms with E-state index >= 15 is 0 Å². The molecule has 104 valence electrons. The van der Waals surface area contributed by atoms with E-state index in [2.05, 4.69) is 0 Å². The van der Waals surface area contributed by atoms with E-state index in [1.54, 1.807) is 19.2 Å². The number of hydrogen-bond donors (Lipinski definition) is 0. The molecule has 2 nitrogen and oxygen atoms in total. The standard InChI is InChI=1S/C16H14ClFO2/c1-20-14-6-2-4-11(9-14)8-13(19)10-12-5-3-7-15(18)16(12)17/h2-7,9H,8,10H2,1H3. The van der Waals surface area contributed by atoms with Crippen molar-refractivity contribution in [1.82, 2.24) is 0 Å². The zero-order chi connectivity index (χ0) is 14.5. The van der Waals surface area contributed by atoms with Crippen LogP contribution in [0.2, 0.25) is 5.02 Å². The number of carbonyl (C=O) groups is 1. The van der Waals surface area contributed by atoms with Crippen LogP contribution in [0.4, 0.5) is 4.39 Å². The van der Waals surface area contributed by atoms with Crippen LogP contribution in [0.25, 0.3) is 0 Å². The number of Topliss-reactive ketones (excluding diaryl/α,β-unsaturated/α-hetero) is 1. The Morgan fingerprint density at radius 3 is 2.70 bits per heavy atom. The second-order valence-corrected chi connectivity index (χ2v) is 4.83. The fourth-order valence-corrected chi connectivity index (χ4v) is 2.16. The van der Waals surface area contributed by atoms with Crippen LogP contribution in [0.15, 0.2) is 42.5 Å². The number of ketones is 1. The molecule has 2 aromatic rings. The number of rotatable bonds is 5. The molecular formula is C16H14ClFO2. The average molecular weight is 293 g/mol. The minimum atomic E-state index is -0.502. The van der Waals surface area contributed by atoms with Crippen LogP contribution in [0, 0.1) is 5.82 Å². The normalized spacial score (nSPS) is 10.3. The molecule has 20 heavy (non-hydrogen) atoms. The van der Waals surface area contributed by atoms with Crippen LogP contribution in [0.1, 0.15) is 11.1 Å². The molecule has 0 spiro atoms. The van der Waals surface area contributed by atoms with Gasteiger partial charge >= 0.3 is 0 Å². The molecule has 4 heteroatoms. The molecule has 0 saturated heterocycles. The smallest absolute Gasteiger partial charge is 0.142 e. The Kier molecular flexibility index (Phi) is 4.74. The first-order chi connectivity index (χ1) is 9.60. The van der Waals surface area contributed by atoms with Gasteiger partial charge in [0.2, 0.25) is 0 Å². The average Bonchev–Trinajstić information content (AvgIpc) is 2.44. The maximum atomic E-state index is 13.3. The lowest BCUT2D eigenvalue weighted by Gasteiger charge is -2.06. The molecule has 0 unspecified atom stereocenters. The summed E-state index contributed by atoms with van der Waals surface area (Å²) in [5.41, 5.74) is 1.38. The Bertz CT molecular complexity index is 626. The van der Waals surface area contributed by atoms with Gasteiger partial charge in [-0.15, -0.1) is 0 Å². The molecular weight excluding hydrogens is 279 g/mol. The van der Waals surface area contributed by atoms with E-state index in [0.29, 0.717) is 11.3 Å². The molecule has 2 aromatic carbocycles. The lowest BCUT2D eigenvalue weighted by atomic mass is 10.0. The van der Waals surface area contributed by atoms with Crippen molar-refractivity contribution < 1.29 is 13.9 Å². The minimum Gasteiger partial charge on any atom is -0.497 e. The summed E-state index contributed by atoms with van der Waals surface area (Å²) in [5.74, 6) is 0.184. The van der Waals surface area contributed by atoms with Gasteiger partial charge in [0.05, 0.1) is 12.1 Å². The van der Waals surface area contributed by atoms with Crippen molar-refractivity contribution in [2.45, 2.75) is 12.8 Å². The van der Waals surface area contributed by atoms with E-state index in [9.17, 15) is 9.18 Å². The SMILES string of the molecule is COc1cccc(CC(=O)Cc2cccc(F)c2Cl)c1. The van der Waals surface area contributed by atoms with E-state index in [0.717, 1.165) is 5.56 Å². The molecule has 0 N–H and O–H groups in total. The van der Waals surface area contributed by atoms with Gasteiger partial charge in [0.1, 0.15) is 17.3 Å². The number of benzene rings is 2. The minimum absolute atomic E-state index is 0.0199. The number of ether oxygens (including phenoxy) is 1. The van der Waals surface area contributed by atoms with Crippen molar-refractivity contribution in [3.8, 4) is 5.75 Å². The summed E-state index contributed by atoms with van der Waals surface area (Å²) in [7, 11) is 1.58. The first-order valence-corrected chi connectivity index (χ1v) is 6.55. The van der Waals surface area contributed by atoms with Crippen LogP contribution in [0.3, 0.4) is 0 Å². The van der Waals surface area contributed by atoms with Crippen molar-refractivity contribution in [1.29, 1.82) is 0 Å². The van der Waals surface area contributed by atoms with Gasteiger partial charge in [-0.3, -0.25) is 4.79 Å². The predicted octanol–water partition coefficient (Wildman–Crippen LogP) is 3.84. The Labute approximate surface area is 122 Å². The van der Waals surface area contributed by atoms with Gasteiger partial charge in [0, 0.05) is 12.8 Å². The molecule has 2 rings (SSSR count).